The number of aromatic nitrogens is 1. The van der Waals surface area contributed by atoms with E-state index in [1.54, 1.807) is 0 Å². The molecular formula is C47H33N3O. The molecule has 0 saturated carbocycles. The third-order valence-corrected chi connectivity index (χ3v) is 10.6. The van der Waals surface area contributed by atoms with Crippen LogP contribution in [0, 0.1) is 0 Å². The topological polar surface area (TPSA) is 48.1 Å². The van der Waals surface area contributed by atoms with E-state index in [0.29, 0.717) is 0 Å². The van der Waals surface area contributed by atoms with Crippen molar-refractivity contribution in [2.45, 2.75) is 11.6 Å². The molecule has 4 nitrogen and oxygen atoms in total. The van der Waals surface area contributed by atoms with Crippen molar-refractivity contribution in [3.05, 3.63) is 204 Å². The molecule has 7 aromatic carbocycles. The number of hydrogen-bond acceptors (Lipinski definition) is 2. The second kappa shape index (κ2) is 11.5. The van der Waals surface area contributed by atoms with E-state index >= 15 is 4.79 Å². The summed E-state index contributed by atoms with van der Waals surface area (Å²) in [6.45, 7) is 0. The molecular weight excluding hydrogens is 623 g/mol. The predicted octanol–water partition coefficient (Wildman–Crippen LogP) is 11.0. The van der Waals surface area contributed by atoms with E-state index in [2.05, 4.69) is 162 Å². The van der Waals surface area contributed by atoms with E-state index in [1.807, 2.05) is 35.2 Å². The molecule has 242 valence electrons. The Bertz CT molecular complexity index is 2540. The first-order valence-electron chi connectivity index (χ1n) is 17.4. The Hall–Kier alpha value is -6.65. The van der Waals surface area contributed by atoms with Crippen molar-refractivity contribution in [1.29, 1.82) is 0 Å². The first-order valence-corrected chi connectivity index (χ1v) is 17.4. The number of amides is 1. The van der Waals surface area contributed by atoms with Crippen LogP contribution in [-0.4, -0.2) is 10.9 Å². The lowest BCUT2D eigenvalue weighted by Crippen LogP contribution is -2.49. The van der Waals surface area contributed by atoms with Gasteiger partial charge in [0.15, 0.2) is 5.54 Å². The molecule has 8 aromatic rings. The van der Waals surface area contributed by atoms with Crippen LogP contribution in [0.5, 0.6) is 0 Å². The van der Waals surface area contributed by atoms with Gasteiger partial charge in [0.2, 0.25) is 0 Å². The maximum Gasteiger partial charge on any atom is 0.263 e. The number of fused-ring (bicyclic) bond motifs is 8. The Morgan fingerprint density at radius 3 is 1.76 bits per heavy atom. The highest BCUT2D eigenvalue weighted by Crippen LogP contribution is 2.57. The van der Waals surface area contributed by atoms with Gasteiger partial charge in [-0.1, -0.05) is 170 Å². The van der Waals surface area contributed by atoms with Crippen molar-refractivity contribution in [3.8, 4) is 33.5 Å². The first kappa shape index (κ1) is 29.3. The Labute approximate surface area is 296 Å². The Morgan fingerprint density at radius 2 is 1.08 bits per heavy atom. The van der Waals surface area contributed by atoms with Gasteiger partial charge in [-0.15, -0.1) is 0 Å². The third-order valence-electron chi connectivity index (χ3n) is 10.6. The van der Waals surface area contributed by atoms with E-state index in [4.69, 9.17) is 0 Å². The number of aromatic amines is 1. The van der Waals surface area contributed by atoms with Crippen LogP contribution in [-0.2, 0) is 10.3 Å². The molecule has 2 aliphatic heterocycles. The zero-order valence-corrected chi connectivity index (χ0v) is 27.8. The van der Waals surface area contributed by atoms with Crippen molar-refractivity contribution < 1.29 is 4.79 Å². The Morgan fingerprint density at radius 1 is 0.510 bits per heavy atom. The molecule has 0 aliphatic carbocycles. The van der Waals surface area contributed by atoms with Gasteiger partial charge in [-0.3, -0.25) is 9.69 Å². The standard InChI is InChI=1S/C47H33N3O/c51-46-47(37-26-14-16-28-40(37)50(46)45(33-21-9-3-10-22-33)34-23-11-4-12-24-34)38-30-29-36-41(31-17-5-1-6-18-31)43(32-19-7-2-8-20-32)48-44(36)42(38)35-25-13-15-27-39(35)49-47/h1-30,45,48-49H. The fourth-order valence-electron chi connectivity index (χ4n) is 8.47. The van der Waals surface area contributed by atoms with Crippen molar-refractivity contribution >= 4 is 28.2 Å². The quantitative estimate of drug-likeness (QED) is 0.194. The zero-order valence-electron chi connectivity index (χ0n) is 27.8. The van der Waals surface area contributed by atoms with Gasteiger partial charge in [-0.25, -0.2) is 0 Å². The molecule has 1 atom stereocenters. The molecule has 1 aromatic heterocycles. The molecule has 2 N–H and O–H groups in total. The van der Waals surface area contributed by atoms with E-state index in [1.165, 1.54) is 0 Å². The Balaban J connectivity index is 1.28. The van der Waals surface area contributed by atoms with Crippen molar-refractivity contribution in [3.63, 3.8) is 0 Å². The SMILES string of the molecule is O=C1N(C(c2ccccc2)c2ccccc2)c2ccccc2C12Nc1ccccc1-c1c2ccc2c(-c3ccccc3)c(-c3ccccc3)[nH]c12. The van der Waals surface area contributed by atoms with Crippen LogP contribution in [0.15, 0.2) is 182 Å². The second-order valence-corrected chi connectivity index (χ2v) is 13.4. The number of carbonyl (C=O) groups is 1. The van der Waals surface area contributed by atoms with Crippen LogP contribution >= 0.6 is 0 Å². The minimum Gasteiger partial charge on any atom is -0.363 e. The van der Waals surface area contributed by atoms with Gasteiger partial charge < -0.3 is 10.3 Å². The Kier molecular flexibility index (Phi) is 6.58. The smallest absolute Gasteiger partial charge is 0.263 e. The molecule has 0 saturated heterocycles. The van der Waals surface area contributed by atoms with Gasteiger partial charge in [0.25, 0.3) is 5.91 Å². The second-order valence-electron chi connectivity index (χ2n) is 13.4. The summed E-state index contributed by atoms with van der Waals surface area (Å²) in [7, 11) is 0. The van der Waals surface area contributed by atoms with Crippen LogP contribution in [0.2, 0.25) is 0 Å². The van der Waals surface area contributed by atoms with Crippen molar-refractivity contribution in [1.82, 2.24) is 4.98 Å². The summed E-state index contributed by atoms with van der Waals surface area (Å²) >= 11 is 0. The lowest BCUT2D eigenvalue weighted by molar-refractivity contribution is -0.121. The molecule has 4 heteroatoms. The van der Waals surface area contributed by atoms with E-state index in [0.717, 1.165) is 78.0 Å². The number of H-pyrrole nitrogens is 1. The molecule has 0 fully saturated rings. The summed E-state index contributed by atoms with van der Waals surface area (Å²) in [5, 5.41) is 4.98. The number of hydrogen-bond donors (Lipinski definition) is 2. The van der Waals surface area contributed by atoms with Crippen LogP contribution in [0.4, 0.5) is 11.4 Å². The van der Waals surface area contributed by atoms with E-state index in [9.17, 15) is 0 Å². The average molecular weight is 656 g/mol. The van der Waals surface area contributed by atoms with Gasteiger partial charge in [0.1, 0.15) is 0 Å². The molecule has 0 bridgehead atoms. The van der Waals surface area contributed by atoms with Crippen molar-refractivity contribution in [2.24, 2.45) is 0 Å². The minimum absolute atomic E-state index is 0.00497. The van der Waals surface area contributed by atoms with Gasteiger partial charge >= 0.3 is 0 Å². The molecule has 10 rings (SSSR count). The fraction of sp³-hybridized carbons (Fsp3) is 0.0426. The van der Waals surface area contributed by atoms with Crippen LogP contribution in [0.1, 0.15) is 28.3 Å². The largest absolute Gasteiger partial charge is 0.363 e. The highest BCUT2D eigenvalue weighted by atomic mass is 16.2. The molecule has 1 amide bonds. The maximum atomic E-state index is 15.8. The van der Waals surface area contributed by atoms with Gasteiger partial charge in [-0.05, 0) is 34.4 Å². The maximum absolute atomic E-state index is 15.8. The molecule has 1 unspecified atom stereocenters. The lowest BCUT2D eigenvalue weighted by atomic mass is 9.75. The van der Waals surface area contributed by atoms with Crippen LogP contribution < -0.4 is 10.2 Å². The summed E-state index contributed by atoms with van der Waals surface area (Å²) in [6.07, 6.45) is 0. The summed E-state index contributed by atoms with van der Waals surface area (Å²) in [6, 6.07) is 62.6. The average Bonchev–Trinajstić information content (AvgIpc) is 3.70. The molecule has 0 radical (unpaired) electrons. The van der Waals surface area contributed by atoms with Gasteiger partial charge in [-0.2, -0.15) is 0 Å². The van der Waals surface area contributed by atoms with Crippen LogP contribution in [0.25, 0.3) is 44.4 Å². The monoisotopic (exact) mass is 655 g/mol. The van der Waals surface area contributed by atoms with E-state index in [-0.39, 0.29) is 11.9 Å². The number of carbonyl (C=O) groups excluding carboxylic acids is 1. The van der Waals surface area contributed by atoms with Crippen LogP contribution in [0.3, 0.4) is 0 Å². The summed E-state index contributed by atoms with van der Waals surface area (Å²) in [5.41, 5.74) is 12.2. The number of nitrogens with zero attached hydrogens (tertiary/aromatic N) is 1. The van der Waals surface area contributed by atoms with Gasteiger partial charge in [0, 0.05) is 38.9 Å². The molecule has 1 spiro atoms. The summed E-state index contributed by atoms with van der Waals surface area (Å²) in [5.74, 6) is -0.00497. The molecule has 2 aliphatic rings. The molecule has 3 heterocycles. The number of anilines is 2. The minimum atomic E-state index is -1.17. The predicted molar refractivity (Wildman–Crippen MR) is 208 cm³/mol. The highest BCUT2D eigenvalue weighted by Gasteiger charge is 2.57. The summed E-state index contributed by atoms with van der Waals surface area (Å²) < 4.78 is 0. The van der Waals surface area contributed by atoms with E-state index < -0.39 is 5.54 Å². The number of rotatable bonds is 5. The highest BCUT2D eigenvalue weighted by molar-refractivity contribution is 6.19. The fourth-order valence-corrected chi connectivity index (χ4v) is 8.47. The number of para-hydroxylation sites is 2. The number of benzene rings is 7. The first-order chi connectivity index (χ1) is 25.2. The number of nitrogens with one attached hydrogen (secondary N) is 2. The summed E-state index contributed by atoms with van der Waals surface area (Å²) in [4.78, 5) is 21.8. The van der Waals surface area contributed by atoms with Gasteiger partial charge in [0.05, 0.1) is 22.9 Å². The normalized spacial score (nSPS) is 15.9. The van der Waals surface area contributed by atoms with Crippen molar-refractivity contribution in [2.75, 3.05) is 10.2 Å². The lowest BCUT2D eigenvalue weighted by Gasteiger charge is -2.39. The molecule has 51 heavy (non-hydrogen) atoms. The zero-order chi connectivity index (χ0) is 33.9. The third kappa shape index (κ3) is 4.30.